The molecule has 0 aromatic rings. The van der Waals surface area contributed by atoms with Gasteiger partial charge in [-0.1, -0.05) is 269 Å². The zero-order chi connectivity index (χ0) is 47.2. The molecule has 0 radical (unpaired) electrons. The lowest BCUT2D eigenvalue weighted by atomic mass is 10.0. The summed E-state index contributed by atoms with van der Waals surface area (Å²) in [4.78, 5) is 24.5. The van der Waals surface area contributed by atoms with Crippen LogP contribution in [0.5, 0.6) is 0 Å². The number of unbranched alkanes of at least 4 members (excludes halogenated alkanes) is 39. The average molecular weight is 917 g/mol. The first kappa shape index (κ1) is 63.3. The molecule has 0 aromatic heterocycles. The van der Waals surface area contributed by atoms with Crippen molar-refractivity contribution in [3.8, 4) is 0 Å². The normalized spacial score (nSPS) is 12.7. The predicted molar refractivity (Wildman–Crippen MR) is 283 cm³/mol. The van der Waals surface area contributed by atoms with E-state index < -0.39 is 12.1 Å². The van der Waals surface area contributed by atoms with Gasteiger partial charge in [-0.15, -0.1) is 0 Å². The zero-order valence-electron chi connectivity index (χ0n) is 43.7. The predicted octanol–water partition coefficient (Wildman–Crippen LogP) is 17.9. The Morgan fingerprint density at radius 2 is 0.769 bits per heavy atom. The van der Waals surface area contributed by atoms with Gasteiger partial charge < -0.3 is 20.3 Å². The van der Waals surface area contributed by atoms with E-state index in [0.717, 1.165) is 51.4 Å². The van der Waals surface area contributed by atoms with E-state index in [0.29, 0.717) is 25.9 Å². The number of rotatable bonds is 54. The minimum absolute atomic E-state index is 0.00774. The molecule has 0 aliphatic rings. The topological polar surface area (TPSA) is 95.9 Å². The fourth-order valence-corrected chi connectivity index (χ4v) is 9.02. The number of aliphatic hydroxyl groups is 2. The Hall–Kier alpha value is -1.66. The molecule has 0 spiro atoms. The number of hydrogen-bond donors (Lipinski definition) is 3. The summed E-state index contributed by atoms with van der Waals surface area (Å²) in [7, 11) is 0. The lowest BCUT2D eigenvalue weighted by Crippen LogP contribution is -2.45. The van der Waals surface area contributed by atoms with Crippen LogP contribution < -0.4 is 5.32 Å². The third-order valence-electron chi connectivity index (χ3n) is 13.5. The molecule has 6 nitrogen and oxygen atoms in total. The number of amides is 1. The third-order valence-corrected chi connectivity index (χ3v) is 13.5. The van der Waals surface area contributed by atoms with Gasteiger partial charge in [0.25, 0.3) is 0 Å². The van der Waals surface area contributed by atoms with E-state index in [1.807, 2.05) is 0 Å². The molecule has 0 aliphatic heterocycles. The molecule has 6 heteroatoms. The molecule has 0 saturated heterocycles. The van der Waals surface area contributed by atoms with Gasteiger partial charge in [0.2, 0.25) is 5.91 Å². The number of allylic oxidation sites excluding steroid dienone is 4. The van der Waals surface area contributed by atoms with Crippen molar-refractivity contribution in [2.75, 3.05) is 13.2 Å². The number of aliphatic hydroxyl groups excluding tert-OH is 2. The third kappa shape index (κ3) is 51.6. The van der Waals surface area contributed by atoms with Crippen LogP contribution in [0.1, 0.15) is 316 Å². The first-order chi connectivity index (χ1) is 32.0. The van der Waals surface area contributed by atoms with Gasteiger partial charge in [0.05, 0.1) is 25.4 Å². The Kier molecular flexibility index (Phi) is 53.5. The van der Waals surface area contributed by atoms with Crippen LogP contribution in [0.3, 0.4) is 0 Å². The van der Waals surface area contributed by atoms with E-state index in [-0.39, 0.29) is 18.5 Å². The number of hydrogen-bond acceptors (Lipinski definition) is 5. The first-order valence-corrected chi connectivity index (χ1v) is 29.1. The Morgan fingerprint density at radius 3 is 1.18 bits per heavy atom. The maximum absolute atomic E-state index is 12.5. The minimum atomic E-state index is -0.668. The van der Waals surface area contributed by atoms with Crippen LogP contribution in [-0.4, -0.2) is 47.4 Å². The van der Waals surface area contributed by atoms with E-state index >= 15 is 0 Å². The Morgan fingerprint density at radius 1 is 0.431 bits per heavy atom. The van der Waals surface area contributed by atoms with Crippen LogP contribution in [0.4, 0.5) is 0 Å². The zero-order valence-corrected chi connectivity index (χ0v) is 43.7. The van der Waals surface area contributed by atoms with Gasteiger partial charge in [-0.2, -0.15) is 0 Å². The van der Waals surface area contributed by atoms with Crippen LogP contribution in [0.15, 0.2) is 24.3 Å². The average Bonchev–Trinajstić information content (AvgIpc) is 3.31. The lowest BCUT2D eigenvalue weighted by Gasteiger charge is -2.22. The molecular weight excluding hydrogens is 803 g/mol. The summed E-state index contributed by atoms with van der Waals surface area (Å²) in [5.41, 5.74) is 0. The van der Waals surface area contributed by atoms with Crippen LogP contribution in [0.25, 0.3) is 0 Å². The first-order valence-electron chi connectivity index (χ1n) is 29.1. The van der Waals surface area contributed by atoms with Crippen molar-refractivity contribution >= 4 is 11.9 Å². The molecule has 2 unspecified atom stereocenters. The second kappa shape index (κ2) is 54.9. The summed E-state index contributed by atoms with van der Waals surface area (Å²) in [6.45, 7) is 4.93. The molecule has 0 rings (SSSR count). The molecule has 384 valence electrons. The van der Waals surface area contributed by atoms with Gasteiger partial charge in [-0.05, 0) is 57.8 Å². The smallest absolute Gasteiger partial charge is 0.305 e. The molecule has 0 saturated carbocycles. The fraction of sp³-hybridized carbons (Fsp3) is 0.898. The van der Waals surface area contributed by atoms with Crippen LogP contribution in [0, 0.1) is 0 Å². The van der Waals surface area contributed by atoms with Gasteiger partial charge in [-0.25, -0.2) is 0 Å². The van der Waals surface area contributed by atoms with E-state index in [1.54, 1.807) is 0 Å². The van der Waals surface area contributed by atoms with Gasteiger partial charge >= 0.3 is 5.97 Å². The van der Waals surface area contributed by atoms with Crippen molar-refractivity contribution in [3.63, 3.8) is 0 Å². The van der Waals surface area contributed by atoms with Crippen molar-refractivity contribution in [2.45, 2.75) is 328 Å². The van der Waals surface area contributed by atoms with E-state index in [9.17, 15) is 19.8 Å². The van der Waals surface area contributed by atoms with Gasteiger partial charge in [-0.3, -0.25) is 9.59 Å². The molecule has 0 fully saturated rings. The molecule has 0 aliphatic carbocycles. The van der Waals surface area contributed by atoms with Crippen LogP contribution in [-0.2, 0) is 14.3 Å². The highest BCUT2D eigenvalue weighted by Crippen LogP contribution is 2.17. The summed E-state index contributed by atoms with van der Waals surface area (Å²) in [6, 6.07) is -0.545. The summed E-state index contributed by atoms with van der Waals surface area (Å²) in [5, 5.41) is 23.3. The van der Waals surface area contributed by atoms with Gasteiger partial charge in [0.15, 0.2) is 0 Å². The number of esters is 1. The van der Waals surface area contributed by atoms with Crippen molar-refractivity contribution in [2.24, 2.45) is 0 Å². The monoisotopic (exact) mass is 916 g/mol. The van der Waals surface area contributed by atoms with Crippen molar-refractivity contribution in [3.05, 3.63) is 24.3 Å². The Balaban J connectivity index is 3.42. The highest BCUT2D eigenvalue weighted by atomic mass is 16.5. The fourth-order valence-electron chi connectivity index (χ4n) is 9.02. The Labute approximate surface area is 405 Å². The van der Waals surface area contributed by atoms with Crippen LogP contribution >= 0.6 is 0 Å². The quantitative estimate of drug-likeness (QED) is 0.0321. The van der Waals surface area contributed by atoms with Crippen LogP contribution in [0.2, 0.25) is 0 Å². The summed E-state index contributed by atoms with van der Waals surface area (Å²) >= 11 is 0. The second-order valence-electron chi connectivity index (χ2n) is 20.0. The lowest BCUT2D eigenvalue weighted by molar-refractivity contribution is -0.143. The highest BCUT2D eigenvalue weighted by molar-refractivity contribution is 5.76. The molecule has 65 heavy (non-hydrogen) atoms. The second-order valence-corrected chi connectivity index (χ2v) is 20.0. The van der Waals surface area contributed by atoms with Crippen molar-refractivity contribution < 1.29 is 24.5 Å². The number of nitrogens with one attached hydrogen (secondary N) is 1. The molecular formula is C59H113NO5. The molecule has 0 heterocycles. The number of carbonyl (C=O) groups is 2. The van der Waals surface area contributed by atoms with Crippen molar-refractivity contribution in [1.82, 2.24) is 5.32 Å². The molecule has 0 bridgehead atoms. The highest BCUT2D eigenvalue weighted by Gasteiger charge is 2.20. The molecule has 0 aromatic carbocycles. The number of carbonyl (C=O) groups excluding carboxylic acids is 2. The van der Waals surface area contributed by atoms with E-state index in [1.165, 1.54) is 231 Å². The molecule has 2 atom stereocenters. The number of ether oxygens (including phenoxy) is 1. The standard InChI is InChI=1S/C59H113NO5/c1-3-5-7-9-11-13-15-17-19-25-29-33-37-41-45-49-53-59(64)65-54-50-46-42-38-34-30-26-22-20-21-24-28-32-36-40-44-48-52-58(63)60-56(55-61)57(62)51-47-43-39-35-31-27-23-18-16-14-12-10-8-6-4-2/h13,15,19,25,56-57,61-62H,3-12,14,16-18,20-24,26-55H2,1-2H3,(H,60,63)/b15-13-,25-19-. The summed E-state index contributed by atoms with van der Waals surface area (Å²) < 4.78 is 5.47. The maximum Gasteiger partial charge on any atom is 0.305 e. The minimum Gasteiger partial charge on any atom is -0.466 e. The molecule has 1 amide bonds. The molecule has 3 N–H and O–H groups in total. The SMILES string of the molecule is CCCCCC/C=C\C/C=C\CCCCCCCC(=O)OCCCCCCCCCCCCCCCCCCCC(=O)NC(CO)C(O)CCCCCCCCCCCCCCCCC. The summed E-state index contributed by atoms with van der Waals surface area (Å²) in [6.07, 6.45) is 65.9. The largest absolute Gasteiger partial charge is 0.466 e. The summed E-state index contributed by atoms with van der Waals surface area (Å²) in [5.74, 6) is -0.0470. The maximum atomic E-state index is 12.5. The van der Waals surface area contributed by atoms with Crippen molar-refractivity contribution in [1.29, 1.82) is 0 Å². The van der Waals surface area contributed by atoms with E-state index in [2.05, 4.69) is 43.5 Å². The van der Waals surface area contributed by atoms with E-state index in [4.69, 9.17) is 4.74 Å². The Bertz CT molecular complexity index is 1010. The van der Waals surface area contributed by atoms with Gasteiger partial charge in [0, 0.05) is 12.8 Å². The van der Waals surface area contributed by atoms with Gasteiger partial charge in [0.1, 0.15) is 0 Å².